The van der Waals surface area contributed by atoms with Gasteiger partial charge in [-0.05, 0) is 37.5 Å². The van der Waals surface area contributed by atoms with Gasteiger partial charge in [0.2, 0.25) is 0 Å². The highest BCUT2D eigenvalue weighted by atomic mass is 32.2. The maximum absolute atomic E-state index is 12.1. The Balaban J connectivity index is 1.74. The number of ether oxygens (including phenoxy) is 2. The van der Waals surface area contributed by atoms with E-state index in [9.17, 15) is 4.79 Å². The molecule has 1 atom stereocenters. The number of aromatic nitrogens is 2. The molecular weight excluding hydrogens is 420 g/mol. The van der Waals surface area contributed by atoms with E-state index in [1.807, 2.05) is 36.7 Å². The van der Waals surface area contributed by atoms with Gasteiger partial charge in [-0.1, -0.05) is 82.7 Å². The predicted octanol–water partition coefficient (Wildman–Crippen LogP) is 7.10. The summed E-state index contributed by atoms with van der Waals surface area (Å²) in [6.45, 7) is 6.60. The monoisotopic (exact) mass is 458 g/mol. The first-order valence-electron chi connectivity index (χ1n) is 12.0. The van der Waals surface area contributed by atoms with Crippen LogP contribution in [0.15, 0.2) is 41.8 Å². The highest BCUT2D eigenvalue weighted by Crippen LogP contribution is 2.23. The van der Waals surface area contributed by atoms with Gasteiger partial charge in [-0.15, -0.1) is 0 Å². The van der Waals surface area contributed by atoms with Crippen molar-refractivity contribution >= 4 is 17.7 Å². The van der Waals surface area contributed by atoms with Crippen molar-refractivity contribution in [2.45, 2.75) is 89.8 Å². The third-order valence-corrected chi connectivity index (χ3v) is 6.14. The Morgan fingerprint density at radius 3 is 2.19 bits per heavy atom. The van der Waals surface area contributed by atoms with E-state index < -0.39 is 6.10 Å². The van der Waals surface area contributed by atoms with E-state index >= 15 is 0 Å². The fourth-order valence-corrected chi connectivity index (χ4v) is 3.99. The largest absolute Gasteiger partial charge is 0.479 e. The molecule has 1 heterocycles. The maximum Gasteiger partial charge on any atom is 0.347 e. The maximum atomic E-state index is 12.1. The lowest BCUT2D eigenvalue weighted by Crippen LogP contribution is -2.26. The fourth-order valence-electron chi connectivity index (χ4n) is 3.21. The first kappa shape index (κ1) is 26.2. The lowest BCUT2D eigenvalue weighted by molar-refractivity contribution is -0.151. The number of benzene rings is 1. The molecule has 0 radical (unpaired) electrons. The van der Waals surface area contributed by atoms with E-state index in [2.05, 4.69) is 23.8 Å². The van der Waals surface area contributed by atoms with E-state index in [4.69, 9.17) is 9.47 Å². The minimum atomic E-state index is -0.631. The molecule has 0 N–H and O–H groups in total. The summed E-state index contributed by atoms with van der Waals surface area (Å²) < 4.78 is 11.1. The van der Waals surface area contributed by atoms with Gasteiger partial charge in [0.1, 0.15) is 5.75 Å². The minimum Gasteiger partial charge on any atom is -0.479 e. The zero-order valence-electron chi connectivity index (χ0n) is 19.8. The zero-order valence-corrected chi connectivity index (χ0v) is 20.7. The van der Waals surface area contributed by atoms with E-state index in [0.29, 0.717) is 12.4 Å². The van der Waals surface area contributed by atoms with Gasteiger partial charge in [0.05, 0.1) is 6.61 Å². The summed E-state index contributed by atoms with van der Waals surface area (Å²) in [5, 5.41) is 0.818. The quantitative estimate of drug-likeness (QED) is 0.116. The fraction of sp³-hybridized carbons (Fsp3) is 0.577. The molecule has 0 aliphatic carbocycles. The van der Waals surface area contributed by atoms with Crippen LogP contribution >= 0.6 is 11.8 Å². The lowest BCUT2D eigenvalue weighted by Gasteiger charge is -2.14. The molecule has 0 unspecified atom stereocenters. The van der Waals surface area contributed by atoms with Gasteiger partial charge in [-0.25, -0.2) is 14.8 Å². The second-order valence-electron chi connectivity index (χ2n) is 8.03. The molecule has 5 nitrogen and oxygen atoms in total. The highest BCUT2D eigenvalue weighted by molar-refractivity contribution is 7.99. The lowest BCUT2D eigenvalue weighted by atomic mass is 10.1. The van der Waals surface area contributed by atoms with Crippen LogP contribution in [0.25, 0.3) is 11.1 Å². The van der Waals surface area contributed by atoms with Crippen LogP contribution in [0.2, 0.25) is 0 Å². The van der Waals surface area contributed by atoms with Crippen molar-refractivity contribution in [3.63, 3.8) is 0 Å². The molecule has 0 saturated carbocycles. The summed E-state index contributed by atoms with van der Waals surface area (Å²) in [5.74, 6) is 1.38. The first-order valence-corrected chi connectivity index (χ1v) is 13.0. The molecule has 6 heteroatoms. The number of hydrogen-bond acceptors (Lipinski definition) is 6. The number of unbranched alkanes of at least 4 members (excludes halogenated alkanes) is 7. The number of rotatable bonds is 16. The van der Waals surface area contributed by atoms with Gasteiger partial charge in [-0.3, -0.25) is 0 Å². The molecular formula is C26H38N2O3S. The van der Waals surface area contributed by atoms with Gasteiger partial charge < -0.3 is 9.47 Å². The predicted molar refractivity (Wildman–Crippen MR) is 132 cm³/mol. The number of carbonyl (C=O) groups is 1. The van der Waals surface area contributed by atoms with Crippen LogP contribution in [-0.2, 0) is 9.53 Å². The Kier molecular flexibility index (Phi) is 12.8. The van der Waals surface area contributed by atoms with Crippen molar-refractivity contribution in [1.29, 1.82) is 0 Å². The average molecular weight is 459 g/mol. The third kappa shape index (κ3) is 10.0. The Labute approximate surface area is 197 Å². The molecule has 32 heavy (non-hydrogen) atoms. The molecule has 176 valence electrons. The Bertz CT molecular complexity index is 766. The smallest absolute Gasteiger partial charge is 0.347 e. The second-order valence-corrected chi connectivity index (χ2v) is 9.09. The molecule has 0 saturated heterocycles. The van der Waals surface area contributed by atoms with E-state index in [-0.39, 0.29) is 5.97 Å². The first-order chi connectivity index (χ1) is 15.6. The molecule has 0 aliphatic rings. The Hall–Kier alpha value is -2.08. The summed E-state index contributed by atoms with van der Waals surface area (Å²) in [4.78, 5) is 21.1. The van der Waals surface area contributed by atoms with Crippen LogP contribution in [0.4, 0.5) is 0 Å². The van der Waals surface area contributed by atoms with E-state index in [0.717, 1.165) is 34.9 Å². The average Bonchev–Trinajstić information content (AvgIpc) is 2.82. The van der Waals surface area contributed by atoms with Crippen molar-refractivity contribution in [1.82, 2.24) is 9.97 Å². The normalized spacial score (nSPS) is 11.8. The van der Waals surface area contributed by atoms with Gasteiger partial charge in [-0.2, -0.15) is 0 Å². The molecule has 2 aromatic rings. The molecule has 0 fully saturated rings. The zero-order chi connectivity index (χ0) is 23.0. The minimum absolute atomic E-state index is 0.317. The van der Waals surface area contributed by atoms with Crippen LogP contribution in [0.1, 0.15) is 78.6 Å². The van der Waals surface area contributed by atoms with Gasteiger partial charge in [0, 0.05) is 23.7 Å². The molecule has 0 spiro atoms. The van der Waals surface area contributed by atoms with Gasteiger partial charge in [0.25, 0.3) is 0 Å². The third-order valence-electron chi connectivity index (χ3n) is 5.18. The SMILES string of the molecule is CCCCCCCCOC(=O)[C@@H](C)Oc1ccc(-c2cnc(SCCCCC)nc2)cc1. The van der Waals surface area contributed by atoms with E-state index in [1.54, 1.807) is 18.7 Å². The van der Waals surface area contributed by atoms with Crippen LogP contribution in [0.3, 0.4) is 0 Å². The number of nitrogens with zero attached hydrogens (tertiary/aromatic N) is 2. The molecule has 0 bridgehead atoms. The topological polar surface area (TPSA) is 61.3 Å². The van der Waals surface area contributed by atoms with Crippen LogP contribution in [-0.4, -0.2) is 34.4 Å². The molecule has 1 aromatic carbocycles. The van der Waals surface area contributed by atoms with Crippen molar-refractivity contribution < 1.29 is 14.3 Å². The Morgan fingerprint density at radius 1 is 0.875 bits per heavy atom. The van der Waals surface area contributed by atoms with Crippen molar-refractivity contribution in [3.8, 4) is 16.9 Å². The number of carbonyl (C=O) groups excluding carboxylic acids is 1. The number of hydrogen-bond donors (Lipinski definition) is 0. The number of esters is 1. The van der Waals surface area contributed by atoms with Crippen molar-refractivity contribution in [3.05, 3.63) is 36.7 Å². The molecule has 0 aliphatic heterocycles. The van der Waals surface area contributed by atoms with Gasteiger partial charge in [0.15, 0.2) is 11.3 Å². The van der Waals surface area contributed by atoms with Crippen LogP contribution < -0.4 is 4.74 Å². The summed E-state index contributed by atoms with van der Waals surface area (Å²) in [6.07, 6.45) is 13.7. The van der Waals surface area contributed by atoms with Crippen LogP contribution in [0, 0.1) is 0 Å². The summed E-state index contributed by atoms with van der Waals surface area (Å²) in [6, 6.07) is 7.63. The highest BCUT2D eigenvalue weighted by Gasteiger charge is 2.16. The molecule has 2 rings (SSSR count). The summed E-state index contributed by atoms with van der Waals surface area (Å²) in [7, 11) is 0. The van der Waals surface area contributed by atoms with E-state index in [1.165, 1.54) is 44.9 Å². The van der Waals surface area contributed by atoms with Crippen molar-refractivity contribution in [2.75, 3.05) is 12.4 Å². The second kappa shape index (κ2) is 15.7. The molecule has 1 aromatic heterocycles. The number of thioether (sulfide) groups is 1. The standard InChI is InChI=1S/C26H38N2O3S/c1-4-6-8-9-10-11-17-30-25(29)21(3)31-24-15-13-22(14-16-24)23-19-27-26(28-20-23)32-18-12-7-5-2/h13-16,19-21H,4-12,17-18H2,1-3H3/t21-/m1/s1. The summed E-state index contributed by atoms with van der Waals surface area (Å²) >= 11 is 1.70. The Morgan fingerprint density at radius 2 is 1.50 bits per heavy atom. The van der Waals surface area contributed by atoms with Crippen LogP contribution in [0.5, 0.6) is 5.75 Å². The summed E-state index contributed by atoms with van der Waals surface area (Å²) in [5.41, 5.74) is 1.97. The van der Waals surface area contributed by atoms with Crippen molar-refractivity contribution in [2.24, 2.45) is 0 Å². The van der Waals surface area contributed by atoms with Gasteiger partial charge >= 0.3 is 5.97 Å². The molecule has 0 amide bonds.